The van der Waals surface area contributed by atoms with Gasteiger partial charge in [-0.25, -0.2) is 0 Å². The number of allylic oxidation sites excluding steroid dienone is 8. The van der Waals surface area contributed by atoms with Gasteiger partial charge in [-0.05, 0) is 192 Å². The normalized spacial score (nSPS) is 13.5. The van der Waals surface area contributed by atoms with Crippen molar-refractivity contribution in [2.24, 2.45) is 11.8 Å². The third-order valence-electron chi connectivity index (χ3n) is 14.8. The first-order valence-electron chi connectivity index (χ1n) is 31.0. The number of rotatable bonds is 54. The van der Waals surface area contributed by atoms with Crippen LogP contribution in [-0.4, -0.2) is 85.4 Å². The second-order valence-electron chi connectivity index (χ2n) is 21.5. The zero-order valence-corrected chi connectivity index (χ0v) is 47.6. The smallest absolute Gasteiger partial charge is 0.305 e. The van der Waals surface area contributed by atoms with Crippen molar-refractivity contribution in [3.05, 3.63) is 48.6 Å². The summed E-state index contributed by atoms with van der Waals surface area (Å²) in [6.45, 7) is 15.1. The summed E-state index contributed by atoms with van der Waals surface area (Å²) in [6, 6.07) is 0.615. The minimum Gasteiger partial charge on any atom is -0.465 e. The van der Waals surface area contributed by atoms with Gasteiger partial charge in [-0.1, -0.05) is 147 Å². The van der Waals surface area contributed by atoms with Crippen LogP contribution in [0.3, 0.4) is 0 Å². The van der Waals surface area contributed by atoms with Gasteiger partial charge in [0, 0.05) is 38.5 Å². The number of carbonyl (C=O) groups excluding carboxylic acids is 2. The molecule has 0 atom stereocenters. The number of unbranched alkanes of at least 4 members (excludes halogenated alkanes) is 20. The van der Waals surface area contributed by atoms with E-state index in [0.29, 0.717) is 43.9 Å². The highest BCUT2D eigenvalue weighted by Crippen LogP contribution is 2.25. The molecule has 0 aromatic heterocycles. The summed E-state index contributed by atoms with van der Waals surface area (Å²) in [5.41, 5.74) is 0. The van der Waals surface area contributed by atoms with Crippen LogP contribution < -0.4 is 0 Å². The van der Waals surface area contributed by atoms with Crippen molar-refractivity contribution in [2.45, 2.75) is 284 Å². The van der Waals surface area contributed by atoms with Crippen LogP contribution in [0, 0.1) is 11.8 Å². The summed E-state index contributed by atoms with van der Waals surface area (Å²) < 4.78 is 11.9. The third kappa shape index (κ3) is 43.9. The minimum atomic E-state index is -0.0328. The maximum atomic E-state index is 13.0. The van der Waals surface area contributed by atoms with Gasteiger partial charge in [-0.2, -0.15) is 0 Å². The first-order chi connectivity index (χ1) is 35.0. The molecule has 0 radical (unpaired) electrons. The second-order valence-corrected chi connectivity index (χ2v) is 21.5. The highest BCUT2D eigenvalue weighted by molar-refractivity contribution is 5.69. The first kappa shape index (κ1) is 66.8. The van der Waals surface area contributed by atoms with Gasteiger partial charge in [0.1, 0.15) is 0 Å². The number of carbonyl (C=O) groups is 2. The van der Waals surface area contributed by atoms with E-state index in [-0.39, 0.29) is 18.5 Å². The molecule has 0 bridgehead atoms. The van der Waals surface area contributed by atoms with Gasteiger partial charge in [0.25, 0.3) is 0 Å². The van der Waals surface area contributed by atoms with E-state index in [9.17, 15) is 14.7 Å². The topological polar surface area (TPSA) is 79.3 Å². The molecule has 1 saturated carbocycles. The standard InChI is InChI=1S/C64H118N2O5/c1-5-9-13-17-21-25-29-35-44-60(45-36-30-26-22-18-14-10-6-2)58-70-63(68)50-39-33-41-52-65(54-55-66(56-57-67)62-48-43-49-62)53-42-34-40-51-64(69)71-59-61(46-37-31-27-23-19-15-11-7-3)47-38-32-28-24-20-16-12-8-4/h21-28,60-62,67H,5-20,29-59H2,1-4H3/b25-21-,26-22-,27-23-,28-24-. The Labute approximate surface area is 441 Å². The van der Waals surface area contributed by atoms with Crippen LogP contribution in [0.5, 0.6) is 0 Å². The van der Waals surface area contributed by atoms with E-state index in [2.05, 4.69) is 86.1 Å². The van der Waals surface area contributed by atoms with E-state index in [1.54, 1.807) is 0 Å². The quantitative estimate of drug-likeness (QED) is 0.0369. The molecule has 1 N–H and O–H groups in total. The Morgan fingerprint density at radius 3 is 1.10 bits per heavy atom. The van der Waals surface area contributed by atoms with Gasteiger partial charge in [-0.15, -0.1) is 0 Å². The maximum absolute atomic E-state index is 13.0. The molecule has 1 rings (SSSR count). The average molecular weight is 996 g/mol. The fourth-order valence-electron chi connectivity index (χ4n) is 9.80. The van der Waals surface area contributed by atoms with Crippen LogP contribution in [0.25, 0.3) is 0 Å². The second kappa shape index (κ2) is 52.6. The van der Waals surface area contributed by atoms with E-state index in [1.165, 1.54) is 122 Å². The number of aliphatic hydroxyl groups is 1. The van der Waals surface area contributed by atoms with Gasteiger partial charge in [0.05, 0.1) is 19.8 Å². The van der Waals surface area contributed by atoms with Crippen molar-refractivity contribution in [1.82, 2.24) is 9.80 Å². The molecule has 0 unspecified atom stereocenters. The summed E-state index contributed by atoms with van der Waals surface area (Å²) in [5.74, 6) is 0.819. The molecule has 0 aromatic carbocycles. The van der Waals surface area contributed by atoms with Gasteiger partial charge in [-0.3, -0.25) is 14.5 Å². The van der Waals surface area contributed by atoms with Crippen molar-refractivity contribution >= 4 is 11.9 Å². The Hall–Kier alpha value is -2.22. The summed E-state index contributed by atoms with van der Waals surface area (Å²) in [4.78, 5) is 31.1. The molecule has 7 nitrogen and oxygen atoms in total. The van der Waals surface area contributed by atoms with Crippen molar-refractivity contribution in [1.29, 1.82) is 0 Å². The molecule has 7 heteroatoms. The zero-order valence-electron chi connectivity index (χ0n) is 47.6. The lowest BCUT2D eigenvalue weighted by molar-refractivity contribution is -0.146. The number of esters is 2. The number of nitrogens with zero attached hydrogens (tertiary/aromatic N) is 2. The van der Waals surface area contributed by atoms with Crippen LogP contribution in [0.2, 0.25) is 0 Å². The highest BCUT2D eigenvalue weighted by atomic mass is 16.5. The molecule has 1 aliphatic carbocycles. The molecule has 0 saturated heterocycles. The van der Waals surface area contributed by atoms with Crippen LogP contribution in [0.4, 0.5) is 0 Å². The SMILES string of the molecule is CCCCC/C=C\CCCC(CCC/C=C\CCCCC)COC(=O)CCCCCN(CCCCCC(=O)OCC(CCC/C=C\CCCCC)CCC/C=C\CCCCC)CCN(CCO)C1CCC1. The Balaban J connectivity index is 2.58. The molecule has 0 aliphatic heterocycles. The molecule has 0 aromatic rings. The number of aliphatic hydroxyl groups excluding tert-OH is 1. The maximum Gasteiger partial charge on any atom is 0.305 e. The van der Waals surface area contributed by atoms with E-state index in [1.807, 2.05) is 0 Å². The van der Waals surface area contributed by atoms with E-state index < -0.39 is 0 Å². The van der Waals surface area contributed by atoms with Crippen LogP contribution >= 0.6 is 0 Å². The van der Waals surface area contributed by atoms with Gasteiger partial charge >= 0.3 is 11.9 Å². The molecule has 0 spiro atoms. The molecule has 414 valence electrons. The Kier molecular flexibility index (Phi) is 49.5. The first-order valence-corrected chi connectivity index (χ1v) is 31.0. The molecule has 0 heterocycles. The Morgan fingerprint density at radius 2 is 0.789 bits per heavy atom. The van der Waals surface area contributed by atoms with Crippen molar-refractivity contribution in [3.8, 4) is 0 Å². The lowest BCUT2D eigenvalue weighted by Crippen LogP contribution is -2.45. The summed E-state index contributed by atoms with van der Waals surface area (Å²) in [6.07, 6.45) is 63.5. The van der Waals surface area contributed by atoms with Gasteiger partial charge < -0.3 is 19.5 Å². The van der Waals surface area contributed by atoms with E-state index >= 15 is 0 Å². The zero-order chi connectivity index (χ0) is 51.3. The van der Waals surface area contributed by atoms with Crippen LogP contribution in [0.15, 0.2) is 48.6 Å². The summed E-state index contributed by atoms with van der Waals surface area (Å²) in [7, 11) is 0. The minimum absolute atomic E-state index is 0.0328. The molecule has 1 fully saturated rings. The number of hydrogen-bond acceptors (Lipinski definition) is 7. The average Bonchev–Trinajstić information content (AvgIpc) is 3.35. The van der Waals surface area contributed by atoms with Gasteiger partial charge in [0.15, 0.2) is 0 Å². The molecule has 0 amide bonds. The molecular weight excluding hydrogens is 877 g/mol. The predicted molar refractivity (Wildman–Crippen MR) is 307 cm³/mol. The number of ether oxygens (including phenoxy) is 2. The molecule has 1 aliphatic rings. The van der Waals surface area contributed by atoms with Crippen molar-refractivity contribution in [2.75, 3.05) is 52.5 Å². The van der Waals surface area contributed by atoms with Crippen LogP contribution in [-0.2, 0) is 19.1 Å². The Bertz CT molecular complexity index is 1140. The Morgan fingerprint density at radius 1 is 0.437 bits per heavy atom. The van der Waals surface area contributed by atoms with E-state index in [0.717, 1.165) is 148 Å². The van der Waals surface area contributed by atoms with Crippen LogP contribution in [0.1, 0.15) is 278 Å². The predicted octanol–water partition coefficient (Wildman–Crippen LogP) is 17.8. The molecular formula is C64H118N2O5. The highest BCUT2D eigenvalue weighted by Gasteiger charge is 2.24. The lowest BCUT2D eigenvalue weighted by Gasteiger charge is -2.38. The van der Waals surface area contributed by atoms with Gasteiger partial charge in [0.2, 0.25) is 0 Å². The van der Waals surface area contributed by atoms with E-state index in [4.69, 9.17) is 9.47 Å². The van der Waals surface area contributed by atoms with Crippen molar-refractivity contribution in [3.63, 3.8) is 0 Å². The summed E-state index contributed by atoms with van der Waals surface area (Å²) in [5, 5.41) is 9.81. The fourth-order valence-corrected chi connectivity index (χ4v) is 9.80. The summed E-state index contributed by atoms with van der Waals surface area (Å²) >= 11 is 0. The monoisotopic (exact) mass is 995 g/mol. The lowest BCUT2D eigenvalue weighted by atomic mass is 9.91. The third-order valence-corrected chi connectivity index (χ3v) is 14.8. The number of hydrogen-bond donors (Lipinski definition) is 1. The molecule has 71 heavy (non-hydrogen) atoms. The van der Waals surface area contributed by atoms with Crippen molar-refractivity contribution < 1.29 is 24.2 Å². The largest absolute Gasteiger partial charge is 0.465 e. The fraction of sp³-hybridized carbons (Fsp3) is 0.844.